The van der Waals surface area contributed by atoms with Gasteiger partial charge in [0.05, 0.1) is 29.2 Å². The summed E-state index contributed by atoms with van der Waals surface area (Å²) < 4.78 is 132. The molecule has 6 rings (SSSR count). The fourth-order valence-corrected chi connectivity index (χ4v) is 8.71. The lowest BCUT2D eigenvalue weighted by molar-refractivity contribution is -0.244. The molecule has 1 aromatic heterocycles. The number of methoxy groups -OCH3 is 1. The first-order valence-corrected chi connectivity index (χ1v) is 20.0. The van der Waals surface area contributed by atoms with Gasteiger partial charge in [0.2, 0.25) is 39.2 Å². The highest BCUT2D eigenvalue weighted by Crippen LogP contribution is 2.48. The van der Waals surface area contributed by atoms with Crippen molar-refractivity contribution in [3.8, 4) is 11.8 Å². The van der Waals surface area contributed by atoms with Gasteiger partial charge in [-0.25, -0.2) is 13.2 Å². The summed E-state index contributed by atoms with van der Waals surface area (Å²) in [5.41, 5.74) is -6.79. The van der Waals surface area contributed by atoms with Gasteiger partial charge in [-0.3, -0.25) is 19.1 Å². The minimum absolute atomic E-state index is 0.00211. The number of alkyl halides is 3. The number of nitrogens with one attached hydrogen (secondary N) is 3. The fourth-order valence-electron chi connectivity index (χ4n) is 7.40. The molecule has 1 unspecified atom stereocenters. The number of sulfonamides is 1. The number of ether oxygens (including phenoxy) is 3. The Balaban J connectivity index is 1.39. The summed E-state index contributed by atoms with van der Waals surface area (Å²) in [6.07, 6.45) is -4.66. The maximum Gasteiger partial charge on any atom is 0.427 e. The maximum absolute atomic E-state index is 14.9. The average Bonchev–Trinajstić information content (AvgIpc) is 4.06. The number of amides is 4. The Hall–Kier alpha value is -4.68. The molecular weight excluding hydrogens is 774 g/mol. The third-order valence-corrected chi connectivity index (χ3v) is 13.4. The largest absolute Gasteiger partial charge is 0.479 e. The number of rotatable bonds is 8. The van der Waals surface area contributed by atoms with Crippen LogP contribution in [0.3, 0.4) is 0 Å². The van der Waals surface area contributed by atoms with Gasteiger partial charge in [-0.15, -0.1) is 10.2 Å². The van der Waals surface area contributed by atoms with E-state index in [-0.39, 0.29) is 36.9 Å². The van der Waals surface area contributed by atoms with Gasteiger partial charge in [-0.05, 0) is 83.1 Å². The standard InChI is InChI=1S/C38H49F3N6O9S/c1-21-11-7-8-12-23-19-37(23,33(50)46-57(52,53)36(5)15-16-36)43-29(48)27-18-24(55-31-26-14-10-9-13-25(26)30(54-6)44-45-31)20-47(27)32(49)28(22(2)17-21)42-34(51)56-35(3,4)38(39,40)41/h8-10,12-14,21-24,27-28H,7,11,15-20H2,1-6H3,(H,42,51)(H,43,48)(H,46,50)/b12-8-/t21-,22+,23?,24+,27-,28-,37+/m0/s1/i3D3,4D3. The molecule has 312 valence electrons. The van der Waals surface area contributed by atoms with Crippen LogP contribution >= 0.6 is 0 Å². The average molecular weight is 829 g/mol. The van der Waals surface area contributed by atoms with Crippen molar-refractivity contribution in [2.45, 2.75) is 120 Å². The Labute approximate surface area is 337 Å². The van der Waals surface area contributed by atoms with Gasteiger partial charge in [0.15, 0.2) is 0 Å². The Morgan fingerprint density at radius 3 is 2.37 bits per heavy atom. The van der Waals surface area contributed by atoms with Crippen molar-refractivity contribution < 1.29 is 63.2 Å². The monoisotopic (exact) mass is 828 g/mol. The number of carbonyl (C=O) groups excluding carboxylic acids is 4. The number of hydrogen-bond donors (Lipinski definition) is 3. The summed E-state index contributed by atoms with van der Waals surface area (Å²) in [4.78, 5) is 57.9. The molecule has 4 amide bonds. The van der Waals surface area contributed by atoms with Crippen LogP contribution in [0.25, 0.3) is 10.8 Å². The summed E-state index contributed by atoms with van der Waals surface area (Å²) in [6.45, 7) is -4.61. The minimum Gasteiger partial charge on any atom is -0.479 e. The lowest BCUT2D eigenvalue weighted by Gasteiger charge is -2.34. The first-order chi connectivity index (χ1) is 29.1. The molecule has 0 radical (unpaired) electrons. The highest BCUT2D eigenvalue weighted by atomic mass is 32.2. The summed E-state index contributed by atoms with van der Waals surface area (Å²) in [5.74, 6) is -4.75. The van der Waals surface area contributed by atoms with Crippen LogP contribution in [0, 0.1) is 17.8 Å². The normalized spacial score (nSPS) is 31.7. The van der Waals surface area contributed by atoms with E-state index < -0.39 is 106 Å². The third-order valence-electron chi connectivity index (χ3n) is 11.3. The van der Waals surface area contributed by atoms with Gasteiger partial charge in [0, 0.05) is 20.6 Å². The molecule has 4 aliphatic rings. The summed E-state index contributed by atoms with van der Waals surface area (Å²) in [7, 11) is -2.79. The van der Waals surface area contributed by atoms with Crippen molar-refractivity contribution in [2.75, 3.05) is 13.7 Å². The molecule has 57 heavy (non-hydrogen) atoms. The molecule has 2 saturated carbocycles. The molecule has 3 fully saturated rings. The Bertz CT molecular complexity index is 2240. The molecule has 2 aliphatic heterocycles. The van der Waals surface area contributed by atoms with Gasteiger partial charge >= 0.3 is 12.3 Å². The number of aromatic nitrogens is 2. The second-order valence-electron chi connectivity index (χ2n) is 15.7. The van der Waals surface area contributed by atoms with Gasteiger partial charge in [0.1, 0.15) is 23.7 Å². The van der Waals surface area contributed by atoms with Crippen molar-refractivity contribution in [3.63, 3.8) is 0 Å². The number of hydrogen-bond acceptors (Lipinski definition) is 11. The van der Waals surface area contributed by atoms with E-state index in [0.29, 0.717) is 36.5 Å². The smallest absolute Gasteiger partial charge is 0.427 e. The molecule has 1 saturated heterocycles. The van der Waals surface area contributed by atoms with Gasteiger partial charge in [-0.1, -0.05) is 38.1 Å². The molecule has 7 atom stereocenters. The van der Waals surface area contributed by atoms with E-state index in [0.717, 1.165) is 4.90 Å². The molecular formula is C38H49F3N6O9S. The summed E-state index contributed by atoms with van der Waals surface area (Å²) in [6, 6.07) is 3.34. The molecule has 0 spiro atoms. The zero-order chi connectivity index (χ0) is 46.7. The lowest BCUT2D eigenvalue weighted by Crippen LogP contribution is -2.59. The van der Waals surface area contributed by atoms with E-state index in [1.54, 1.807) is 43.3 Å². The van der Waals surface area contributed by atoms with Crippen LogP contribution in [-0.2, 0) is 29.1 Å². The van der Waals surface area contributed by atoms with E-state index in [4.69, 9.17) is 17.7 Å². The van der Waals surface area contributed by atoms with Crippen molar-refractivity contribution in [1.82, 2.24) is 30.5 Å². The SMILES string of the molecule is [2H]C([2H])([2H])C(OC(=O)N[C@@H]1C(=O)N2C[C@H](Oc3nnc(OC)c4ccccc34)C[C@H]2C(=O)N[C@]2(C(=O)NS(=O)(=O)C3(C)CC3)CC2/C=C\CC[C@H](C)C[C@H]1C)(C([2H])([2H])[2H])C(F)(F)F. The van der Waals surface area contributed by atoms with E-state index in [2.05, 4.69) is 25.0 Å². The van der Waals surface area contributed by atoms with Crippen LogP contribution in [0.15, 0.2) is 36.4 Å². The van der Waals surface area contributed by atoms with Crippen LogP contribution in [0.4, 0.5) is 18.0 Å². The molecule has 3 heterocycles. The highest BCUT2D eigenvalue weighted by Gasteiger charge is 2.63. The molecule has 0 bridgehead atoms. The molecule has 15 nitrogen and oxygen atoms in total. The molecule has 3 N–H and O–H groups in total. The predicted molar refractivity (Wildman–Crippen MR) is 199 cm³/mol. The summed E-state index contributed by atoms with van der Waals surface area (Å²) >= 11 is 0. The van der Waals surface area contributed by atoms with Crippen molar-refractivity contribution >= 4 is 44.6 Å². The second-order valence-corrected chi connectivity index (χ2v) is 17.9. The Morgan fingerprint density at radius 2 is 1.74 bits per heavy atom. The number of benzene rings is 1. The number of allylic oxidation sites excluding steroid dienone is 1. The van der Waals surface area contributed by atoms with Crippen molar-refractivity contribution in [2.24, 2.45) is 17.8 Å². The van der Waals surface area contributed by atoms with Crippen LogP contribution in [0.1, 0.15) is 87.6 Å². The number of fused-ring (bicyclic) bond motifs is 3. The van der Waals surface area contributed by atoms with E-state index >= 15 is 0 Å². The summed E-state index contributed by atoms with van der Waals surface area (Å²) in [5, 5.41) is 13.8. The van der Waals surface area contributed by atoms with Crippen molar-refractivity contribution in [3.05, 3.63) is 36.4 Å². The zero-order valence-electron chi connectivity index (χ0n) is 37.6. The van der Waals surface area contributed by atoms with Gasteiger partial charge < -0.3 is 29.7 Å². The van der Waals surface area contributed by atoms with Crippen LogP contribution in [0.2, 0.25) is 0 Å². The molecule has 2 aliphatic carbocycles. The fraction of sp³-hybridized carbons (Fsp3) is 0.632. The van der Waals surface area contributed by atoms with Crippen LogP contribution < -0.4 is 24.8 Å². The van der Waals surface area contributed by atoms with Gasteiger partial charge in [-0.2, -0.15) is 13.2 Å². The van der Waals surface area contributed by atoms with E-state index in [9.17, 15) is 40.8 Å². The topological polar surface area (TPSA) is 195 Å². The quantitative estimate of drug-likeness (QED) is 0.321. The first-order valence-electron chi connectivity index (χ1n) is 21.5. The Kier molecular flexibility index (Phi) is 9.19. The lowest BCUT2D eigenvalue weighted by atomic mass is 9.88. The molecule has 2 aromatic rings. The second kappa shape index (κ2) is 15.2. The number of halogens is 3. The highest BCUT2D eigenvalue weighted by molar-refractivity contribution is 7.91. The van der Waals surface area contributed by atoms with Gasteiger partial charge in [0.25, 0.3) is 5.91 Å². The van der Waals surface area contributed by atoms with E-state index in [1.165, 1.54) is 21.0 Å². The number of alkyl carbamates (subject to hydrolysis) is 1. The zero-order valence-corrected chi connectivity index (χ0v) is 32.5. The minimum atomic E-state index is -6.16. The molecule has 19 heteroatoms. The number of carbonyl (C=O) groups is 4. The van der Waals surface area contributed by atoms with Crippen LogP contribution in [0.5, 0.6) is 11.8 Å². The maximum atomic E-state index is 14.9. The Morgan fingerprint density at radius 1 is 1.07 bits per heavy atom. The third kappa shape index (κ3) is 8.48. The first kappa shape index (κ1) is 34.4. The van der Waals surface area contributed by atoms with Crippen molar-refractivity contribution in [1.29, 1.82) is 0 Å². The molecule has 1 aromatic carbocycles. The van der Waals surface area contributed by atoms with E-state index in [1.807, 2.05) is 5.32 Å². The number of nitrogens with zero attached hydrogens (tertiary/aromatic N) is 3. The predicted octanol–water partition coefficient (Wildman–Crippen LogP) is 4.31. The van der Waals surface area contributed by atoms with Crippen LogP contribution in [-0.4, -0.2) is 101 Å².